The number of amides is 1. The highest BCUT2D eigenvalue weighted by Crippen LogP contribution is 1.92. The summed E-state index contributed by atoms with van der Waals surface area (Å²) >= 11 is 0. The lowest BCUT2D eigenvalue weighted by Crippen LogP contribution is -2.41. The van der Waals surface area contributed by atoms with Crippen LogP contribution in [-0.2, 0) is 9.53 Å². The van der Waals surface area contributed by atoms with Gasteiger partial charge in [-0.2, -0.15) is 0 Å². The molecule has 0 rings (SSSR count). The van der Waals surface area contributed by atoms with E-state index in [-0.39, 0.29) is 11.9 Å². The summed E-state index contributed by atoms with van der Waals surface area (Å²) < 4.78 is 5.31. The van der Waals surface area contributed by atoms with E-state index in [1.54, 1.807) is 0 Å². The van der Waals surface area contributed by atoms with Crippen molar-refractivity contribution in [1.82, 2.24) is 5.32 Å². The third-order valence-electron chi connectivity index (χ3n) is 2.12. The predicted molar refractivity (Wildman–Crippen MR) is 61.6 cm³/mol. The van der Waals surface area contributed by atoms with E-state index in [0.29, 0.717) is 13.2 Å². The van der Waals surface area contributed by atoms with E-state index in [0.717, 1.165) is 32.3 Å². The SMILES string of the molecule is CCCCOCCNC(=O)[C@@H](N)CCC. The minimum absolute atomic E-state index is 0.0732. The molecule has 0 bridgehead atoms. The van der Waals surface area contributed by atoms with Crippen LogP contribution in [0.3, 0.4) is 0 Å². The van der Waals surface area contributed by atoms with Gasteiger partial charge in [-0.3, -0.25) is 4.79 Å². The molecule has 4 nitrogen and oxygen atoms in total. The molecule has 0 aliphatic heterocycles. The number of carbonyl (C=O) groups is 1. The number of hydrogen-bond donors (Lipinski definition) is 2. The number of nitrogens with one attached hydrogen (secondary N) is 1. The summed E-state index contributed by atoms with van der Waals surface area (Å²) in [6.07, 6.45) is 3.88. The Morgan fingerprint density at radius 2 is 2.07 bits per heavy atom. The summed E-state index contributed by atoms with van der Waals surface area (Å²) in [6, 6.07) is -0.370. The molecule has 0 saturated heterocycles. The molecule has 1 atom stereocenters. The molecule has 0 aromatic heterocycles. The zero-order valence-electron chi connectivity index (χ0n) is 9.92. The van der Waals surface area contributed by atoms with Crippen LogP contribution in [0, 0.1) is 0 Å². The lowest BCUT2D eigenvalue weighted by molar-refractivity contribution is -0.122. The van der Waals surface area contributed by atoms with E-state index < -0.39 is 0 Å². The number of rotatable bonds is 9. The van der Waals surface area contributed by atoms with Crippen molar-refractivity contribution in [3.8, 4) is 0 Å². The van der Waals surface area contributed by atoms with Crippen molar-refractivity contribution >= 4 is 5.91 Å². The van der Waals surface area contributed by atoms with Crippen molar-refractivity contribution in [3.05, 3.63) is 0 Å². The second-order valence-corrected chi connectivity index (χ2v) is 3.65. The first-order chi connectivity index (χ1) is 7.22. The van der Waals surface area contributed by atoms with Gasteiger partial charge < -0.3 is 15.8 Å². The highest BCUT2D eigenvalue weighted by Gasteiger charge is 2.10. The van der Waals surface area contributed by atoms with Crippen LogP contribution in [0.2, 0.25) is 0 Å². The molecular weight excluding hydrogens is 192 g/mol. The Labute approximate surface area is 92.6 Å². The van der Waals surface area contributed by atoms with Crippen LogP contribution in [0.25, 0.3) is 0 Å². The van der Waals surface area contributed by atoms with E-state index in [2.05, 4.69) is 12.2 Å². The van der Waals surface area contributed by atoms with Gasteiger partial charge in [-0.25, -0.2) is 0 Å². The van der Waals surface area contributed by atoms with Crippen LogP contribution in [0.5, 0.6) is 0 Å². The molecule has 90 valence electrons. The van der Waals surface area contributed by atoms with Gasteiger partial charge in [0.1, 0.15) is 0 Å². The molecule has 0 fully saturated rings. The van der Waals surface area contributed by atoms with Crippen molar-refractivity contribution in [3.63, 3.8) is 0 Å². The molecule has 4 heteroatoms. The number of carbonyl (C=O) groups excluding carboxylic acids is 1. The molecule has 0 aliphatic carbocycles. The molecule has 0 unspecified atom stereocenters. The first-order valence-electron chi connectivity index (χ1n) is 5.83. The number of nitrogens with two attached hydrogens (primary N) is 1. The van der Waals surface area contributed by atoms with Crippen LogP contribution >= 0.6 is 0 Å². The van der Waals surface area contributed by atoms with Gasteiger partial charge >= 0.3 is 0 Å². The van der Waals surface area contributed by atoms with Crippen LogP contribution in [0.15, 0.2) is 0 Å². The minimum atomic E-state index is -0.370. The predicted octanol–water partition coefficient (Wildman–Crippen LogP) is 1.05. The molecule has 1 amide bonds. The largest absolute Gasteiger partial charge is 0.380 e. The van der Waals surface area contributed by atoms with Gasteiger partial charge in [0.05, 0.1) is 12.6 Å². The van der Waals surface area contributed by atoms with Crippen LogP contribution in [-0.4, -0.2) is 31.7 Å². The quantitative estimate of drug-likeness (QED) is 0.566. The molecule has 0 heterocycles. The Morgan fingerprint density at radius 3 is 2.67 bits per heavy atom. The fraction of sp³-hybridized carbons (Fsp3) is 0.909. The Balaban J connectivity index is 3.30. The average Bonchev–Trinajstić information content (AvgIpc) is 2.23. The summed E-state index contributed by atoms with van der Waals surface area (Å²) in [5.74, 6) is -0.0732. The van der Waals surface area contributed by atoms with E-state index in [1.807, 2.05) is 6.92 Å². The van der Waals surface area contributed by atoms with Crippen molar-refractivity contribution in [2.45, 2.75) is 45.6 Å². The first kappa shape index (κ1) is 14.4. The van der Waals surface area contributed by atoms with Gasteiger partial charge in [-0.05, 0) is 12.8 Å². The summed E-state index contributed by atoms with van der Waals surface area (Å²) in [5.41, 5.74) is 5.64. The molecule has 3 N–H and O–H groups in total. The van der Waals surface area contributed by atoms with Crippen LogP contribution in [0.1, 0.15) is 39.5 Å². The highest BCUT2D eigenvalue weighted by molar-refractivity contribution is 5.81. The summed E-state index contributed by atoms with van der Waals surface area (Å²) in [6.45, 7) is 6.04. The summed E-state index contributed by atoms with van der Waals surface area (Å²) in [7, 11) is 0. The maximum atomic E-state index is 11.3. The summed E-state index contributed by atoms with van der Waals surface area (Å²) in [5, 5.41) is 2.76. The van der Waals surface area contributed by atoms with Gasteiger partial charge in [0, 0.05) is 13.2 Å². The molecule has 0 aromatic rings. The normalized spacial score (nSPS) is 12.5. The van der Waals surface area contributed by atoms with Gasteiger partial charge in [0.2, 0.25) is 5.91 Å². The lowest BCUT2D eigenvalue weighted by Gasteiger charge is -2.11. The van der Waals surface area contributed by atoms with Crippen molar-refractivity contribution in [1.29, 1.82) is 0 Å². The molecule has 15 heavy (non-hydrogen) atoms. The molecule has 0 saturated carbocycles. The van der Waals surface area contributed by atoms with Crippen LogP contribution in [0.4, 0.5) is 0 Å². The number of hydrogen-bond acceptors (Lipinski definition) is 3. The zero-order valence-corrected chi connectivity index (χ0v) is 9.92. The Bertz CT molecular complexity index is 163. The van der Waals surface area contributed by atoms with E-state index in [4.69, 9.17) is 10.5 Å². The standard InChI is InChI=1S/C11H24N2O2/c1-3-5-8-15-9-7-13-11(14)10(12)6-4-2/h10H,3-9,12H2,1-2H3,(H,13,14)/t10-/m0/s1. The minimum Gasteiger partial charge on any atom is -0.380 e. The Kier molecular flexibility index (Phi) is 9.52. The molecule has 0 aromatic carbocycles. The second kappa shape index (κ2) is 9.93. The van der Waals surface area contributed by atoms with Crippen LogP contribution < -0.4 is 11.1 Å². The molecule has 0 radical (unpaired) electrons. The fourth-order valence-electron chi connectivity index (χ4n) is 1.17. The molecule has 0 spiro atoms. The molecular formula is C11H24N2O2. The Morgan fingerprint density at radius 1 is 1.33 bits per heavy atom. The number of unbranched alkanes of at least 4 members (excludes halogenated alkanes) is 1. The van der Waals surface area contributed by atoms with Gasteiger partial charge in [0.25, 0.3) is 0 Å². The van der Waals surface area contributed by atoms with E-state index in [1.165, 1.54) is 0 Å². The summed E-state index contributed by atoms with van der Waals surface area (Å²) in [4.78, 5) is 11.3. The monoisotopic (exact) mass is 216 g/mol. The highest BCUT2D eigenvalue weighted by atomic mass is 16.5. The average molecular weight is 216 g/mol. The maximum absolute atomic E-state index is 11.3. The maximum Gasteiger partial charge on any atom is 0.236 e. The third kappa shape index (κ3) is 8.39. The zero-order chi connectivity index (χ0) is 11.5. The smallest absolute Gasteiger partial charge is 0.236 e. The van der Waals surface area contributed by atoms with E-state index in [9.17, 15) is 4.79 Å². The van der Waals surface area contributed by atoms with Crippen molar-refractivity contribution < 1.29 is 9.53 Å². The van der Waals surface area contributed by atoms with Gasteiger partial charge in [-0.15, -0.1) is 0 Å². The number of ether oxygens (including phenoxy) is 1. The molecule has 0 aliphatic rings. The third-order valence-corrected chi connectivity index (χ3v) is 2.12. The lowest BCUT2D eigenvalue weighted by atomic mass is 10.2. The second-order valence-electron chi connectivity index (χ2n) is 3.65. The van der Waals surface area contributed by atoms with Crippen molar-refractivity contribution in [2.75, 3.05) is 19.8 Å². The van der Waals surface area contributed by atoms with E-state index >= 15 is 0 Å². The fourth-order valence-corrected chi connectivity index (χ4v) is 1.17. The van der Waals surface area contributed by atoms with Gasteiger partial charge in [0.15, 0.2) is 0 Å². The van der Waals surface area contributed by atoms with Crippen molar-refractivity contribution in [2.24, 2.45) is 5.73 Å². The van der Waals surface area contributed by atoms with Gasteiger partial charge in [-0.1, -0.05) is 26.7 Å². The Hall–Kier alpha value is -0.610. The topological polar surface area (TPSA) is 64.3 Å². The first-order valence-corrected chi connectivity index (χ1v) is 5.83.